The number of rotatable bonds is 7. The Kier molecular flexibility index (Phi) is 6.17. The van der Waals surface area contributed by atoms with E-state index in [0.29, 0.717) is 12.8 Å². The first-order valence-corrected chi connectivity index (χ1v) is 8.22. The molecule has 0 fully saturated rings. The summed E-state index contributed by atoms with van der Waals surface area (Å²) in [6, 6.07) is 14.0. The van der Waals surface area contributed by atoms with Gasteiger partial charge >= 0.3 is 5.97 Å². The van der Waals surface area contributed by atoms with Crippen LogP contribution in [0.4, 0.5) is 5.69 Å². The van der Waals surface area contributed by atoms with E-state index in [9.17, 15) is 9.59 Å². The highest BCUT2D eigenvalue weighted by Crippen LogP contribution is 2.20. The zero-order valence-electron chi connectivity index (χ0n) is 14.7. The van der Waals surface area contributed by atoms with Gasteiger partial charge in [0.25, 0.3) is 0 Å². The molecule has 0 aliphatic heterocycles. The van der Waals surface area contributed by atoms with Crippen molar-refractivity contribution in [3.8, 4) is 5.75 Å². The summed E-state index contributed by atoms with van der Waals surface area (Å²) in [5.74, 6) is -0.176. The SMILES string of the molecule is CC(C)Oc1ccc(N(C)C(=O)CCc2ccc(C(=O)O)cc2)cc1. The van der Waals surface area contributed by atoms with Crippen molar-refractivity contribution < 1.29 is 19.4 Å². The molecule has 0 aliphatic rings. The number of ether oxygens (including phenoxy) is 1. The monoisotopic (exact) mass is 341 g/mol. The third-order valence-electron chi connectivity index (χ3n) is 3.80. The fraction of sp³-hybridized carbons (Fsp3) is 0.300. The Morgan fingerprint density at radius 1 is 1.04 bits per heavy atom. The lowest BCUT2D eigenvalue weighted by Gasteiger charge is -2.18. The van der Waals surface area contributed by atoms with E-state index in [-0.39, 0.29) is 17.6 Å². The lowest BCUT2D eigenvalue weighted by atomic mass is 10.1. The first-order chi connectivity index (χ1) is 11.9. The number of carbonyl (C=O) groups excluding carboxylic acids is 1. The van der Waals surface area contributed by atoms with Crippen LogP contribution in [0.25, 0.3) is 0 Å². The summed E-state index contributed by atoms with van der Waals surface area (Å²) in [7, 11) is 1.74. The average molecular weight is 341 g/mol. The van der Waals surface area contributed by atoms with Gasteiger partial charge in [0.2, 0.25) is 5.91 Å². The number of hydrogen-bond donors (Lipinski definition) is 1. The van der Waals surface area contributed by atoms with Gasteiger partial charge in [-0.25, -0.2) is 4.79 Å². The van der Waals surface area contributed by atoms with Gasteiger partial charge in [-0.2, -0.15) is 0 Å². The maximum atomic E-state index is 12.4. The lowest BCUT2D eigenvalue weighted by Crippen LogP contribution is -2.26. The summed E-state index contributed by atoms with van der Waals surface area (Å²) in [5, 5.41) is 8.89. The molecule has 132 valence electrons. The van der Waals surface area contributed by atoms with E-state index in [1.54, 1.807) is 36.2 Å². The molecular weight excluding hydrogens is 318 g/mol. The summed E-state index contributed by atoms with van der Waals surface area (Å²) >= 11 is 0. The van der Waals surface area contributed by atoms with Crippen molar-refractivity contribution in [2.75, 3.05) is 11.9 Å². The van der Waals surface area contributed by atoms with E-state index in [0.717, 1.165) is 17.0 Å². The zero-order valence-corrected chi connectivity index (χ0v) is 14.7. The smallest absolute Gasteiger partial charge is 0.335 e. The van der Waals surface area contributed by atoms with Crippen molar-refractivity contribution in [2.24, 2.45) is 0 Å². The summed E-state index contributed by atoms with van der Waals surface area (Å²) in [4.78, 5) is 24.8. The summed E-state index contributed by atoms with van der Waals surface area (Å²) in [6.45, 7) is 3.93. The van der Waals surface area contributed by atoms with Gasteiger partial charge in [0.15, 0.2) is 0 Å². The number of carbonyl (C=O) groups is 2. The third kappa shape index (κ3) is 5.35. The molecule has 25 heavy (non-hydrogen) atoms. The molecule has 0 atom stereocenters. The van der Waals surface area contributed by atoms with Gasteiger partial charge < -0.3 is 14.7 Å². The van der Waals surface area contributed by atoms with Crippen LogP contribution in [-0.2, 0) is 11.2 Å². The Balaban J connectivity index is 1.92. The van der Waals surface area contributed by atoms with Crippen molar-refractivity contribution in [1.82, 2.24) is 0 Å². The van der Waals surface area contributed by atoms with E-state index in [4.69, 9.17) is 9.84 Å². The van der Waals surface area contributed by atoms with Crippen molar-refractivity contribution in [3.05, 3.63) is 59.7 Å². The van der Waals surface area contributed by atoms with Crippen molar-refractivity contribution in [3.63, 3.8) is 0 Å². The number of benzene rings is 2. The molecule has 1 amide bonds. The van der Waals surface area contributed by atoms with E-state index < -0.39 is 5.97 Å². The molecule has 5 nitrogen and oxygen atoms in total. The van der Waals surface area contributed by atoms with Crippen LogP contribution in [-0.4, -0.2) is 30.1 Å². The van der Waals surface area contributed by atoms with Crippen molar-refractivity contribution in [2.45, 2.75) is 32.8 Å². The molecule has 0 bridgehead atoms. The Morgan fingerprint density at radius 3 is 2.16 bits per heavy atom. The number of hydrogen-bond acceptors (Lipinski definition) is 3. The number of anilines is 1. The molecule has 0 unspecified atom stereocenters. The van der Waals surface area contributed by atoms with Crippen LogP contribution >= 0.6 is 0 Å². The minimum absolute atomic E-state index is 0.000149. The second-order valence-electron chi connectivity index (χ2n) is 6.12. The average Bonchev–Trinajstić information content (AvgIpc) is 2.59. The predicted molar refractivity (Wildman–Crippen MR) is 97.3 cm³/mol. The highest BCUT2D eigenvalue weighted by molar-refractivity contribution is 5.93. The van der Waals surface area contributed by atoms with Crippen LogP contribution in [0.5, 0.6) is 5.75 Å². The van der Waals surface area contributed by atoms with Gasteiger partial charge in [0.05, 0.1) is 11.7 Å². The summed E-state index contributed by atoms with van der Waals surface area (Å²) in [6.07, 6.45) is 1.03. The van der Waals surface area contributed by atoms with Gasteiger partial charge in [0.1, 0.15) is 5.75 Å². The molecule has 0 aromatic heterocycles. The number of nitrogens with zero attached hydrogens (tertiary/aromatic N) is 1. The second-order valence-corrected chi connectivity index (χ2v) is 6.12. The zero-order chi connectivity index (χ0) is 18.4. The minimum Gasteiger partial charge on any atom is -0.491 e. The Morgan fingerprint density at radius 2 is 1.64 bits per heavy atom. The first-order valence-electron chi connectivity index (χ1n) is 8.22. The quantitative estimate of drug-likeness (QED) is 0.832. The van der Waals surface area contributed by atoms with Crippen LogP contribution in [0.3, 0.4) is 0 Å². The minimum atomic E-state index is -0.952. The molecule has 2 rings (SSSR count). The van der Waals surface area contributed by atoms with Gasteiger partial charge in [0, 0.05) is 19.2 Å². The summed E-state index contributed by atoms with van der Waals surface area (Å²) < 4.78 is 5.60. The predicted octanol–water partition coefficient (Wildman–Crippen LogP) is 3.77. The molecule has 0 aliphatic carbocycles. The van der Waals surface area contributed by atoms with E-state index in [1.807, 2.05) is 38.1 Å². The Hall–Kier alpha value is -2.82. The van der Waals surface area contributed by atoms with Crippen molar-refractivity contribution in [1.29, 1.82) is 0 Å². The summed E-state index contributed by atoms with van der Waals surface area (Å²) in [5.41, 5.74) is 1.99. The number of carboxylic acids is 1. The van der Waals surface area contributed by atoms with Crippen LogP contribution in [0, 0.1) is 0 Å². The molecule has 0 saturated heterocycles. The molecule has 1 N–H and O–H groups in total. The lowest BCUT2D eigenvalue weighted by molar-refractivity contribution is -0.118. The molecule has 0 heterocycles. The number of aromatic carboxylic acids is 1. The molecule has 2 aromatic rings. The number of amides is 1. The largest absolute Gasteiger partial charge is 0.491 e. The molecule has 2 aromatic carbocycles. The molecular formula is C20H23NO4. The van der Waals surface area contributed by atoms with Gasteiger partial charge in [-0.3, -0.25) is 4.79 Å². The van der Waals surface area contributed by atoms with Gasteiger partial charge in [-0.15, -0.1) is 0 Å². The standard InChI is InChI=1S/C20H23NO4/c1-14(2)25-18-11-9-17(10-12-18)21(3)19(22)13-6-15-4-7-16(8-5-15)20(23)24/h4-5,7-12,14H,6,13H2,1-3H3,(H,23,24). The van der Waals surface area contributed by atoms with Crippen molar-refractivity contribution >= 4 is 17.6 Å². The van der Waals surface area contributed by atoms with Gasteiger partial charge in [-0.1, -0.05) is 12.1 Å². The first kappa shape index (κ1) is 18.5. The highest BCUT2D eigenvalue weighted by atomic mass is 16.5. The van der Waals surface area contributed by atoms with Crippen LogP contribution < -0.4 is 9.64 Å². The molecule has 0 saturated carbocycles. The molecule has 5 heteroatoms. The molecule has 0 radical (unpaired) electrons. The van der Waals surface area contributed by atoms with E-state index in [2.05, 4.69) is 0 Å². The Labute approximate surface area is 147 Å². The normalized spacial score (nSPS) is 10.6. The highest BCUT2D eigenvalue weighted by Gasteiger charge is 2.12. The second kappa shape index (κ2) is 8.33. The number of carboxylic acid groups (broad SMARTS) is 1. The topological polar surface area (TPSA) is 66.8 Å². The molecule has 0 spiro atoms. The van der Waals surface area contributed by atoms with E-state index in [1.165, 1.54) is 0 Å². The van der Waals surface area contributed by atoms with Crippen LogP contribution in [0.1, 0.15) is 36.2 Å². The fourth-order valence-corrected chi connectivity index (χ4v) is 2.40. The van der Waals surface area contributed by atoms with Gasteiger partial charge in [-0.05, 0) is 62.2 Å². The fourth-order valence-electron chi connectivity index (χ4n) is 2.40. The van der Waals surface area contributed by atoms with Crippen LogP contribution in [0.2, 0.25) is 0 Å². The van der Waals surface area contributed by atoms with E-state index >= 15 is 0 Å². The van der Waals surface area contributed by atoms with Crippen LogP contribution in [0.15, 0.2) is 48.5 Å². The third-order valence-corrected chi connectivity index (χ3v) is 3.80. The maximum Gasteiger partial charge on any atom is 0.335 e. The Bertz CT molecular complexity index is 720. The maximum absolute atomic E-state index is 12.4. The number of aryl methyl sites for hydroxylation is 1.